The maximum Gasteiger partial charge on any atom is 0.472 e. The fraction of sp³-hybridized carbons (Fsp3) is 0.918. The van der Waals surface area contributed by atoms with Crippen LogP contribution >= 0.6 is 7.82 Å². The van der Waals surface area contributed by atoms with Crippen LogP contribution in [-0.4, -0.2) is 65.7 Å². The second-order valence-electron chi connectivity index (χ2n) is 17.2. The van der Waals surface area contributed by atoms with Gasteiger partial charge in [0.15, 0.2) is 6.10 Å². The molecule has 0 aromatic carbocycles. The lowest BCUT2D eigenvalue weighted by Gasteiger charge is -2.20. The van der Waals surface area contributed by atoms with Crippen LogP contribution in [0.1, 0.15) is 251 Å². The standard InChI is InChI=1S/C49H95O10P/c1-3-5-7-9-11-13-15-17-19-20-21-22-23-24-25-27-29-31-33-35-37-39-41-49(53)59-47(45-58-60(54,55)57-43-46(51)42-50)44-56-48(52)40-38-36-34-32-30-28-26-18-16-14-12-10-8-6-4-2/h18,26,46-47,50-51H,3-17,19-25,27-45H2,1-2H3,(H,54,55)/b26-18+/t46-,47+/m0/s1. The minimum absolute atomic E-state index is 0.189. The van der Waals surface area contributed by atoms with E-state index in [0.717, 1.165) is 51.4 Å². The zero-order chi connectivity index (χ0) is 44.0. The van der Waals surface area contributed by atoms with Crippen LogP contribution in [0.5, 0.6) is 0 Å². The van der Waals surface area contributed by atoms with Gasteiger partial charge in [-0.15, -0.1) is 0 Å². The molecule has 3 atom stereocenters. The Morgan fingerprint density at radius 2 is 0.817 bits per heavy atom. The molecule has 3 N–H and O–H groups in total. The maximum absolute atomic E-state index is 12.7. The van der Waals surface area contributed by atoms with Crippen LogP contribution < -0.4 is 0 Å². The van der Waals surface area contributed by atoms with Gasteiger partial charge in [0.1, 0.15) is 12.7 Å². The zero-order valence-corrected chi connectivity index (χ0v) is 39.8. The number of ether oxygens (including phenoxy) is 2. The van der Waals surface area contributed by atoms with Gasteiger partial charge < -0.3 is 24.6 Å². The Morgan fingerprint density at radius 3 is 1.20 bits per heavy atom. The molecule has 0 heterocycles. The van der Waals surface area contributed by atoms with E-state index in [9.17, 15) is 24.2 Å². The van der Waals surface area contributed by atoms with Gasteiger partial charge in [-0.1, -0.05) is 212 Å². The number of rotatable bonds is 48. The molecule has 0 spiro atoms. The van der Waals surface area contributed by atoms with Crippen molar-refractivity contribution in [2.24, 2.45) is 0 Å². The summed E-state index contributed by atoms with van der Waals surface area (Å²) in [5.41, 5.74) is 0. The number of aliphatic hydroxyl groups is 2. The first-order valence-corrected chi connectivity index (χ1v) is 26.6. The van der Waals surface area contributed by atoms with Gasteiger partial charge >= 0.3 is 19.8 Å². The second-order valence-corrected chi connectivity index (χ2v) is 18.7. The summed E-state index contributed by atoms with van der Waals surface area (Å²) in [5, 5.41) is 18.4. The Morgan fingerprint density at radius 1 is 0.483 bits per heavy atom. The summed E-state index contributed by atoms with van der Waals surface area (Å²) in [4.78, 5) is 35.1. The van der Waals surface area contributed by atoms with Crippen LogP contribution in [0.15, 0.2) is 12.2 Å². The highest BCUT2D eigenvalue weighted by Gasteiger charge is 2.27. The molecular weight excluding hydrogens is 780 g/mol. The number of unbranched alkanes of at least 4 members (excludes halogenated alkanes) is 32. The Kier molecular flexibility index (Phi) is 44.7. The Hall–Kier alpha value is -1.29. The van der Waals surface area contributed by atoms with Gasteiger partial charge in [-0.2, -0.15) is 0 Å². The average molecular weight is 875 g/mol. The van der Waals surface area contributed by atoms with Crippen molar-refractivity contribution in [3.63, 3.8) is 0 Å². The minimum atomic E-state index is -4.62. The molecular formula is C49H95O10P. The first kappa shape index (κ1) is 58.7. The summed E-state index contributed by atoms with van der Waals surface area (Å²) in [5.74, 6) is -0.919. The van der Waals surface area contributed by atoms with Gasteiger partial charge in [-0.05, 0) is 38.5 Å². The number of esters is 2. The van der Waals surface area contributed by atoms with Crippen LogP contribution in [0.25, 0.3) is 0 Å². The van der Waals surface area contributed by atoms with Crippen molar-refractivity contribution in [1.29, 1.82) is 0 Å². The first-order chi connectivity index (χ1) is 29.2. The molecule has 0 saturated carbocycles. The quantitative estimate of drug-likeness (QED) is 0.0233. The van der Waals surface area contributed by atoms with Gasteiger partial charge in [-0.25, -0.2) is 4.57 Å². The SMILES string of the molecule is CCCCCCCC/C=C/CCCCCCCC(=O)OC[C@H](COP(=O)(O)OC[C@@H](O)CO)OC(=O)CCCCCCCCCCCCCCCCCCCCCCCC. The van der Waals surface area contributed by atoms with E-state index in [1.807, 2.05) is 0 Å². The monoisotopic (exact) mass is 875 g/mol. The molecule has 0 aromatic heterocycles. The van der Waals surface area contributed by atoms with E-state index in [-0.39, 0.29) is 19.4 Å². The van der Waals surface area contributed by atoms with Crippen molar-refractivity contribution in [2.75, 3.05) is 26.4 Å². The molecule has 0 saturated heterocycles. The number of carbonyl (C=O) groups is 2. The molecule has 60 heavy (non-hydrogen) atoms. The van der Waals surface area contributed by atoms with E-state index in [1.165, 1.54) is 161 Å². The smallest absolute Gasteiger partial charge is 0.462 e. The molecule has 0 rings (SSSR count). The normalized spacial score (nSPS) is 13.8. The summed E-state index contributed by atoms with van der Waals surface area (Å²) in [6, 6.07) is 0. The lowest BCUT2D eigenvalue weighted by molar-refractivity contribution is -0.161. The van der Waals surface area contributed by atoms with Gasteiger partial charge in [0.2, 0.25) is 0 Å². The first-order valence-electron chi connectivity index (χ1n) is 25.1. The van der Waals surface area contributed by atoms with Gasteiger partial charge in [0, 0.05) is 12.8 Å². The van der Waals surface area contributed by atoms with Gasteiger partial charge in [0.05, 0.1) is 19.8 Å². The van der Waals surface area contributed by atoms with Crippen LogP contribution in [-0.2, 0) is 32.7 Å². The lowest BCUT2D eigenvalue weighted by atomic mass is 10.0. The molecule has 11 heteroatoms. The number of hydrogen-bond donors (Lipinski definition) is 3. The fourth-order valence-electron chi connectivity index (χ4n) is 7.28. The van der Waals surface area contributed by atoms with E-state index < -0.39 is 51.8 Å². The molecule has 0 aliphatic heterocycles. The van der Waals surface area contributed by atoms with Crippen molar-refractivity contribution < 1.29 is 47.8 Å². The van der Waals surface area contributed by atoms with E-state index in [0.29, 0.717) is 12.8 Å². The summed E-state index contributed by atoms with van der Waals surface area (Å²) >= 11 is 0. The Bertz CT molecular complexity index is 1010. The molecule has 0 bridgehead atoms. The van der Waals surface area contributed by atoms with E-state index in [2.05, 4.69) is 26.0 Å². The van der Waals surface area contributed by atoms with Crippen LogP contribution in [0.4, 0.5) is 0 Å². The number of phosphoric ester groups is 1. The molecule has 0 radical (unpaired) electrons. The fourth-order valence-corrected chi connectivity index (χ4v) is 8.07. The van der Waals surface area contributed by atoms with Crippen molar-refractivity contribution >= 4 is 19.8 Å². The molecule has 0 amide bonds. The molecule has 10 nitrogen and oxygen atoms in total. The molecule has 0 aliphatic carbocycles. The van der Waals surface area contributed by atoms with Crippen LogP contribution in [0.2, 0.25) is 0 Å². The second kappa shape index (κ2) is 45.7. The highest BCUT2D eigenvalue weighted by Crippen LogP contribution is 2.43. The molecule has 0 fully saturated rings. The summed E-state index contributed by atoms with van der Waals surface area (Å²) in [7, 11) is -4.62. The topological polar surface area (TPSA) is 149 Å². The largest absolute Gasteiger partial charge is 0.472 e. The third-order valence-corrected chi connectivity index (χ3v) is 12.1. The van der Waals surface area contributed by atoms with Crippen LogP contribution in [0, 0.1) is 0 Å². The third-order valence-electron chi connectivity index (χ3n) is 11.2. The van der Waals surface area contributed by atoms with Crippen LogP contribution in [0.3, 0.4) is 0 Å². The van der Waals surface area contributed by atoms with E-state index in [4.69, 9.17) is 23.6 Å². The lowest BCUT2D eigenvalue weighted by Crippen LogP contribution is -2.29. The predicted molar refractivity (Wildman–Crippen MR) is 247 cm³/mol. The average Bonchev–Trinajstić information content (AvgIpc) is 3.24. The minimum Gasteiger partial charge on any atom is -0.462 e. The Balaban J connectivity index is 4.14. The summed E-state index contributed by atoms with van der Waals surface area (Å²) in [6.45, 7) is 2.42. The van der Waals surface area contributed by atoms with Crippen molar-refractivity contribution in [3.8, 4) is 0 Å². The van der Waals surface area contributed by atoms with E-state index in [1.54, 1.807) is 0 Å². The highest BCUT2D eigenvalue weighted by molar-refractivity contribution is 7.47. The molecule has 0 aliphatic rings. The molecule has 356 valence electrons. The van der Waals surface area contributed by atoms with E-state index >= 15 is 0 Å². The summed E-state index contributed by atoms with van der Waals surface area (Å²) in [6.07, 6.45) is 46.1. The van der Waals surface area contributed by atoms with Crippen molar-refractivity contribution in [3.05, 3.63) is 12.2 Å². The molecule has 0 aromatic rings. The zero-order valence-electron chi connectivity index (χ0n) is 38.9. The number of hydrogen-bond acceptors (Lipinski definition) is 9. The maximum atomic E-state index is 12.7. The van der Waals surface area contributed by atoms with Gasteiger partial charge in [0.25, 0.3) is 0 Å². The number of allylic oxidation sites excluding steroid dienone is 2. The summed E-state index contributed by atoms with van der Waals surface area (Å²) < 4.78 is 32.8. The van der Waals surface area contributed by atoms with Crippen molar-refractivity contribution in [2.45, 2.75) is 264 Å². The highest BCUT2D eigenvalue weighted by atomic mass is 31.2. The third kappa shape index (κ3) is 44.8. The van der Waals surface area contributed by atoms with Crippen molar-refractivity contribution in [1.82, 2.24) is 0 Å². The number of aliphatic hydroxyl groups excluding tert-OH is 2. The number of carbonyl (C=O) groups excluding carboxylic acids is 2. The molecule has 1 unspecified atom stereocenters. The Labute approximate surface area is 368 Å². The number of phosphoric acid groups is 1. The predicted octanol–water partition coefficient (Wildman–Crippen LogP) is 14.0. The van der Waals surface area contributed by atoms with Gasteiger partial charge in [-0.3, -0.25) is 18.6 Å².